The van der Waals surface area contributed by atoms with Gasteiger partial charge >= 0.3 is 12.0 Å². The molecule has 6 heteroatoms. The third kappa shape index (κ3) is 2.78. The van der Waals surface area contributed by atoms with Gasteiger partial charge in [0, 0.05) is 12.7 Å². The fourth-order valence-corrected chi connectivity index (χ4v) is 1.61. The van der Waals surface area contributed by atoms with Crippen molar-refractivity contribution >= 4 is 17.7 Å². The standard InChI is InChI=1S/C14H13N3O3/c1-3-19-13(18)12-9-20-14(16-12)17(2)11-6-4-5-10(7-11)8-15/h4-7,9H,3H2,1-2H3. The first-order chi connectivity index (χ1) is 9.65. The van der Waals surface area contributed by atoms with Gasteiger partial charge in [0.2, 0.25) is 0 Å². The van der Waals surface area contributed by atoms with E-state index in [0.29, 0.717) is 5.56 Å². The van der Waals surface area contributed by atoms with Gasteiger partial charge in [0.25, 0.3) is 0 Å². The summed E-state index contributed by atoms with van der Waals surface area (Å²) < 4.78 is 10.1. The SMILES string of the molecule is CCOC(=O)c1coc(N(C)c2cccc(C#N)c2)n1. The largest absolute Gasteiger partial charge is 0.461 e. The molecule has 0 spiro atoms. The van der Waals surface area contributed by atoms with Crippen LogP contribution in [0, 0.1) is 11.3 Å². The Kier molecular flexibility index (Phi) is 4.01. The number of aromatic nitrogens is 1. The van der Waals surface area contributed by atoms with Gasteiger partial charge < -0.3 is 9.15 Å². The van der Waals surface area contributed by atoms with Crippen LogP contribution < -0.4 is 4.90 Å². The molecule has 0 fully saturated rings. The third-order valence-corrected chi connectivity index (χ3v) is 2.63. The molecule has 1 aromatic carbocycles. The fourth-order valence-electron chi connectivity index (χ4n) is 1.61. The summed E-state index contributed by atoms with van der Waals surface area (Å²) in [5, 5.41) is 8.88. The van der Waals surface area contributed by atoms with Crippen molar-refractivity contribution in [3.8, 4) is 6.07 Å². The molecule has 6 nitrogen and oxygen atoms in total. The predicted molar refractivity (Wildman–Crippen MR) is 71.7 cm³/mol. The monoisotopic (exact) mass is 271 g/mol. The molecule has 20 heavy (non-hydrogen) atoms. The minimum absolute atomic E-state index is 0.116. The summed E-state index contributed by atoms with van der Waals surface area (Å²) in [5.41, 5.74) is 1.39. The van der Waals surface area contributed by atoms with E-state index in [-0.39, 0.29) is 18.3 Å². The molecule has 0 aliphatic rings. The average Bonchev–Trinajstić information content (AvgIpc) is 2.96. The molecule has 0 aliphatic heterocycles. The van der Waals surface area contributed by atoms with Crippen LogP contribution in [0.25, 0.3) is 0 Å². The van der Waals surface area contributed by atoms with Crippen LogP contribution in [0.3, 0.4) is 0 Å². The Morgan fingerprint density at radius 1 is 1.55 bits per heavy atom. The molecule has 102 valence electrons. The number of nitriles is 1. The van der Waals surface area contributed by atoms with Gasteiger partial charge in [-0.2, -0.15) is 10.2 Å². The normalized spacial score (nSPS) is 9.85. The van der Waals surface area contributed by atoms with Gasteiger partial charge in [-0.25, -0.2) is 4.79 Å². The highest BCUT2D eigenvalue weighted by atomic mass is 16.5. The number of hydrogen-bond donors (Lipinski definition) is 0. The lowest BCUT2D eigenvalue weighted by molar-refractivity contribution is 0.0519. The fraction of sp³-hybridized carbons (Fsp3) is 0.214. The van der Waals surface area contributed by atoms with Crippen LogP contribution in [0.1, 0.15) is 23.0 Å². The van der Waals surface area contributed by atoms with E-state index in [0.717, 1.165) is 5.69 Å². The number of anilines is 2. The Balaban J connectivity index is 2.23. The van der Waals surface area contributed by atoms with Crippen molar-refractivity contribution in [1.82, 2.24) is 4.98 Å². The molecule has 1 aromatic heterocycles. The number of nitrogens with zero attached hydrogens (tertiary/aromatic N) is 3. The van der Waals surface area contributed by atoms with Gasteiger partial charge in [0.1, 0.15) is 6.26 Å². The maximum atomic E-state index is 11.5. The van der Waals surface area contributed by atoms with Crippen molar-refractivity contribution in [1.29, 1.82) is 5.26 Å². The highest BCUT2D eigenvalue weighted by molar-refractivity contribution is 5.87. The van der Waals surface area contributed by atoms with Crippen molar-refractivity contribution < 1.29 is 13.9 Å². The van der Waals surface area contributed by atoms with Crippen molar-refractivity contribution in [3.63, 3.8) is 0 Å². The predicted octanol–water partition coefficient (Wildman–Crippen LogP) is 2.49. The Morgan fingerprint density at radius 3 is 3.05 bits per heavy atom. The lowest BCUT2D eigenvalue weighted by atomic mass is 10.2. The van der Waals surface area contributed by atoms with Crippen LogP contribution in [0.15, 0.2) is 34.9 Å². The van der Waals surface area contributed by atoms with Gasteiger partial charge in [-0.3, -0.25) is 4.90 Å². The van der Waals surface area contributed by atoms with Crippen LogP contribution in [0.4, 0.5) is 11.7 Å². The summed E-state index contributed by atoms with van der Waals surface area (Å²) in [6, 6.07) is 9.30. The topological polar surface area (TPSA) is 79.4 Å². The zero-order chi connectivity index (χ0) is 14.5. The van der Waals surface area contributed by atoms with Crippen LogP contribution in [-0.4, -0.2) is 24.6 Å². The number of carbonyl (C=O) groups is 1. The number of rotatable bonds is 4. The van der Waals surface area contributed by atoms with E-state index >= 15 is 0 Å². The zero-order valence-electron chi connectivity index (χ0n) is 11.2. The van der Waals surface area contributed by atoms with Crippen molar-refractivity contribution in [3.05, 3.63) is 41.8 Å². The van der Waals surface area contributed by atoms with Crippen molar-refractivity contribution in [2.24, 2.45) is 0 Å². The maximum absolute atomic E-state index is 11.5. The van der Waals surface area contributed by atoms with Gasteiger partial charge in [0.15, 0.2) is 5.69 Å². The van der Waals surface area contributed by atoms with Crippen LogP contribution >= 0.6 is 0 Å². The molecule has 1 heterocycles. The summed E-state index contributed by atoms with van der Waals surface area (Å²) in [6.07, 6.45) is 1.25. The smallest absolute Gasteiger partial charge is 0.360 e. The Bertz CT molecular complexity index is 658. The van der Waals surface area contributed by atoms with Gasteiger partial charge in [-0.15, -0.1) is 0 Å². The average molecular weight is 271 g/mol. The van der Waals surface area contributed by atoms with Crippen LogP contribution in [0.5, 0.6) is 0 Å². The molecular formula is C14H13N3O3. The molecule has 0 saturated carbocycles. The summed E-state index contributed by atoms with van der Waals surface area (Å²) in [5.74, 6) is -0.526. The lowest BCUT2D eigenvalue weighted by Crippen LogP contribution is -2.11. The summed E-state index contributed by atoms with van der Waals surface area (Å²) in [6.45, 7) is 2.00. The molecule has 2 rings (SSSR count). The third-order valence-electron chi connectivity index (χ3n) is 2.63. The highest BCUT2D eigenvalue weighted by Crippen LogP contribution is 2.23. The summed E-state index contributed by atoms with van der Waals surface area (Å²) >= 11 is 0. The second kappa shape index (κ2) is 5.89. The first kappa shape index (κ1) is 13.6. The number of carbonyl (C=O) groups excluding carboxylic acids is 1. The van der Waals surface area contributed by atoms with E-state index in [1.807, 2.05) is 6.07 Å². The van der Waals surface area contributed by atoms with Crippen LogP contribution in [0.2, 0.25) is 0 Å². The molecule has 0 bridgehead atoms. The summed E-state index contributed by atoms with van der Waals surface area (Å²) in [7, 11) is 1.73. The van der Waals surface area contributed by atoms with E-state index in [9.17, 15) is 4.79 Å². The Hall–Kier alpha value is -2.81. The summed E-state index contributed by atoms with van der Waals surface area (Å²) in [4.78, 5) is 17.2. The van der Waals surface area contributed by atoms with E-state index in [1.54, 1.807) is 37.1 Å². The van der Waals surface area contributed by atoms with Crippen molar-refractivity contribution in [2.75, 3.05) is 18.6 Å². The number of benzene rings is 1. The molecule has 0 aliphatic carbocycles. The lowest BCUT2D eigenvalue weighted by Gasteiger charge is -2.14. The van der Waals surface area contributed by atoms with Gasteiger partial charge in [-0.1, -0.05) is 6.07 Å². The minimum atomic E-state index is -0.526. The van der Waals surface area contributed by atoms with E-state index in [1.165, 1.54) is 6.26 Å². The molecule has 0 unspecified atom stereocenters. The Morgan fingerprint density at radius 2 is 2.35 bits per heavy atom. The minimum Gasteiger partial charge on any atom is -0.461 e. The molecule has 0 amide bonds. The second-order valence-corrected chi connectivity index (χ2v) is 3.96. The first-order valence-corrected chi connectivity index (χ1v) is 6.02. The number of oxazole rings is 1. The quantitative estimate of drug-likeness (QED) is 0.795. The molecular weight excluding hydrogens is 258 g/mol. The molecule has 2 aromatic rings. The van der Waals surface area contributed by atoms with E-state index in [2.05, 4.69) is 11.1 Å². The first-order valence-electron chi connectivity index (χ1n) is 6.02. The maximum Gasteiger partial charge on any atom is 0.360 e. The zero-order valence-corrected chi connectivity index (χ0v) is 11.2. The number of esters is 1. The number of ether oxygens (including phenoxy) is 1. The Labute approximate surface area is 116 Å². The second-order valence-electron chi connectivity index (χ2n) is 3.96. The van der Waals surface area contributed by atoms with Crippen molar-refractivity contribution in [2.45, 2.75) is 6.92 Å². The van der Waals surface area contributed by atoms with E-state index in [4.69, 9.17) is 14.4 Å². The van der Waals surface area contributed by atoms with Gasteiger partial charge in [0.05, 0.1) is 18.2 Å². The molecule has 0 atom stereocenters. The molecule has 0 N–H and O–H groups in total. The molecule has 0 radical (unpaired) electrons. The highest BCUT2D eigenvalue weighted by Gasteiger charge is 2.16. The molecule has 0 saturated heterocycles. The van der Waals surface area contributed by atoms with Crippen LogP contribution in [-0.2, 0) is 4.74 Å². The van der Waals surface area contributed by atoms with Gasteiger partial charge in [-0.05, 0) is 25.1 Å². The number of hydrogen-bond acceptors (Lipinski definition) is 6. The van der Waals surface area contributed by atoms with E-state index < -0.39 is 5.97 Å².